The molecular formula is C31H53NO7S2. The summed E-state index contributed by atoms with van der Waals surface area (Å²) in [4.78, 5) is 27.1. The zero-order chi connectivity index (χ0) is 29.8. The molecule has 0 bridgehead atoms. The van der Waals surface area contributed by atoms with Gasteiger partial charge in [0.2, 0.25) is 0 Å². The Morgan fingerprint density at radius 2 is 1.76 bits per heavy atom. The van der Waals surface area contributed by atoms with E-state index in [1.54, 1.807) is 21.6 Å². The smallest absolute Gasteiger partial charge is 0.294 e. The van der Waals surface area contributed by atoms with Crippen LogP contribution in [-0.4, -0.2) is 62.6 Å². The molecule has 0 aliphatic heterocycles. The van der Waals surface area contributed by atoms with Crippen LogP contribution in [0.2, 0.25) is 0 Å². The molecule has 0 saturated heterocycles. The van der Waals surface area contributed by atoms with Crippen molar-refractivity contribution in [2.75, 3.05) is 18.1 Å². The maximum absolute atomic E-state index is 12.7. The van der Waals surface area contributed by atoms with Gasteiger partial charge in [-0.1, -0.05) is 48.8 Å². The first kappa shape index (κ1) is 33.3. The number of rotatable bonds is 15. The Kier molecular flexibility index (Phi) is 11.8. The predicted molar refractivity (Wildman–Crippen MR) is 164 cm³/mol. The fourth-order valence-electron chi connectivity index (χ4n) is 9.92. The average molecular weight is 616 g/mol. The van der Waals surface area contributed by atoms with Gasteiger partial charge in [-0.05, 0) is 111 Å². The lowest BCUT2D eigenvalue weighted by Crippen LogP contribution is -2.63. The summed E-state index contributed by atoms with van der Waals surface area (Å²) in [5.41, 5.74) is -0.0157. The largest absolute Gasteiger partial charge is 0.393 e. The zero-order valence-electron chi connectivity index (χ0n) is 25.2. The molecule has 0 aromatic heterocycles. The maximum atomic E-state index is 12.7. The number of hydrogen-bond donors (Lipinski definition) is 3. The molecule has 0 radical (unpaired) electrons. The first-order chi connectivity index (χ1) is 19.5. The molecule has 41 heavy (non-hydrogen) atoms. The molecule has 3 N–H and O–H groups in total. The third kappa shape index (κ3) is 7.58. The van der Waals surface area contributed by atoms with Crippen molar-refractivity contribution < 1.29 is 30.0 Å². The highest BCUT2D eigenvalue weighted by Gasteiger charge is 2.65. The van der Waals surface area contributed by atoms with Crippen LogP contribution in [0.15, 0.2) is 0 Å². The first-order valence-corrected chi connectivity index (χ1v) is 18.5. The Hall–Kier alpha value is -0.550. The standard InChI is InChI=1S/C31H53NO7S2/c1-20(8-9-22(33)7-5-4-6-15-40-41-16-14-39-32(37)38)24-10-11-25-28-26(35)18-21-17-23(34)12-13-30(21,2)29(28)27(36)19-31(24,25)3/h20-21,23-29,34-36H,4-19H2,1-3H3/t20-,21+,23-,24-,25+,26+,27+,28-,29+,30+,31-/m1/s1. The van der Waals surface area contributed by atoms with Crippen molar-refractivity contribution in [3.8, 4) is 0 Å². The summed E-state index contributed by atoms with van der Waals surface area (Å²) in [6.45, 7) is 7.11. The van der Waals surface area contributed by atoms with Gasteiger partial charge in [0.05, 0.1) is 18.3 Å². The van der Waals surface area contributed by atoms with E-state index in [4.69, 9.17) is 0 Å². The van der Waals surface area contributed by atoms with Crippen LogP contribution in [0.3, 0.4) is 0 Å². The van der Waals surface area contributed by atoms with Gasteiger partial charge in [0.15, 0.2) is 0 Å². The number of hydrogen-bond acceptors (Lipinski definition) is 9. The van der Waals surface area contributed by atoms with Crippen LogP contribution in [0.25, 0.3) is 0 Å². The van der Waals surface area contributed by atoms with Gasteiger partial charge in [0.25, 0.3) is 5.09 Å². The Morgan fingerprint density at radius 1 is 1.00 bits per heavy atom. The number of aliphatic hydroxyl groups excluding tert-OH is 3. The maximum Gasteiger partial charge on any atom is 0.294 e. The van der Waals surface area contributed by atoms with Gasteiger partial charge < -0.3 is 20.2 Å². The van der Waals surface area contributed by atoms with Crippen molar-refractivity contribution in [2.24, 2.45) is 46.3 Å². The molecule has 236 valence electrons. The minimum absolute atomic E-state index is 0.00738. The third-order valence-corrected chi connectivity index (χ3v) is 14.3. The van der Waals surface area contributed by atoms with Gasteiger partial charge in [-0.3, -0.25) is 4.79 Å². The van der Waals surface area contributed by atoms with Crippen LogP contribution in [0.5, 0.6) is 0 Å². The molecule has 0 unspecified atom stereocenters. The predicted octanol–water partition coefficient (Wildman–Crippen LogP) is 6.08. The number of carbonyl (C=O) groups is 1. The third-order valence-electron chi connectivity index (χ3n) is 11.9. The van der Waals surface area contributed by atoms with E-state index < -0.39 is 17.3 Å². The van der Waals surface area contributed by atoms with Crippen molar-refractivity contribution in [1.29, 1.82) is 0 Å². The van der Waals surface area contributed by atoms with Crippen LogP contribution < -0.4 is 0 Å². The molecule has 4 fully saturated rings. The molecule has 10 heteroatoms. The molecular weight excluding hydrogens is 562 g/mol. The van der Waals surface area contributed by atoms with E-state index in [1.807, 2.05) is 0 Å². The van der Waals surface area contributed by atoms with E-state index in [0.29, 0.717) is 42.1 Å². The second kappa shape index (κ2) is 14.5. The number of nitrogens with zero attached hydrogens (tertiary/aromatic N) is 1. The summed E-state index contributed by atoms with van der Waals surface area (Å²) in [5, 5.41) is 42.8. The van der Waals surface area contributed by atoms with Gasteiger partial charge in [-0.15, -0.1) is 10.1 Å². The lowest BCUT2D eigenvalue weighted by atomic mass is 9.43. The highest BCUT2D eigenvalue weighted by atomic mass is 33.1. The van der Waals surface area contributed by atoms with Crippen LogP contribution in [0.1, 0.15) is 104 Å². The molecule has 4 saturated carbocycles. The minimum atomic E-state index is -0.760. The van der Waals surface area contributed by atoms with Crippen LogP contribution in [0.4, 0.5) is 0 Å². The second-order valence-corrected chi connectivity index (χ2v) is 16.9. The van der Waals surface area contributed by atoms with Crippen molar-refractivity contribution in [2.45, 2.75) is 123 Å². The molecule has 0 aromatic rings. The molecule has 11 atom stereocenters. The topological polar surface area (TPSA) is 130 Å². The lowest BCUT2D eigenvalue weighted by molar-refractivity contribution is -0.756. The van der Waals surface area contributed by atoms with E-state index in [9.17, 15) is 30.2 Å². The normalized spacial score (nSPS) is 40.7. The Morgan fingerprint density at radius 3 is 2.51 bits per heavy atom. The Bertz CT molecular complexity index is 895. The van der Waals surface area contributed by atoms with Crippen molar-refractivity contribution in [3.05, 3.63) is 10.1 Å². The molecule has 0 aromatic carbocycles. The van der Waals surface area contributed by atoms with Gasteiger partial charge >= 0.3 is 0 Å². The summed E-state index contributed by atoms with van der Waals surface area (Å²) >= 11 is 0. The lowest BCUT2D eigenvalue weighted by Gasteiger charge is -2.63. The molecule has 0 amide bonds. The van der Waals surface area contributed by atoms with E-state index in [-0.39, 0.29) is 41.3 Å². The molecule has 8 nitrogen and oxygen atoms in total. The number of unbranched alkanes of at least 4 members (excludes halogenated alkanes) is 2. The van der Waals surface area contributed by atoms with Crippen LogP contribution in [-0.2, 0) is 9.63 Å². The van der Waals surface area contributed by atoms with E-state index in [2.05, 4.69) is 25.6 Å². The SMILES string of the molecule is C[C@H](CCC(=O)CCCCCSSCCO[N+](=O)[O-])[C@H]1CC[C@H]2[C@H]3[C@H]([C@@H](O)C[C@]12C)[C@@]1(C)CC[C@@H](O)C[C@H]1C[C@@H]3O. The van der Waals surface area contributed by atoms with Crippen molar-refractivity contribution >= 4 is 27.4 Å². The van der Waals surface area contributed by atoms with Crippen LogP contribution in [0, 0.1) is 56.5 Å². The number of ketones is 1. The van der Waals surface area contributed by atoms with Gasteiger partial charge in [-0.2, -0.15) is 0 Å². The highest BCUT2D eigenvalue weighted by molar-refractivity contribution is 8.76. The average Bonchev–Trinajstić information content (AvgIpc) is 3.25. The van der Waals surface area contributed by atoms with Crippen molar-refractivity contribution in [3.63, 3.8) is 0 Å². The molecule has 4 aliphatic carbocycles. The van der Waals surface area contributed by atoms with Gasteiger partial charge in [-0.25, -0.2) is 0 Å². The van der Waals surface area contributed by atoms with E-state index >= 15 is 0 Å². The van der Waals surface area contributed by atoms with Gasteiger partial charge in [0, 0.05) is 24.3 Å². The monoisotopic (exact) mass is 615 g/mol. The minimum Gasteiger partial charge on any atom is -0.393 e. The van der Waals surface area contributed by atoms with E-state index in [0.717, 1.165) is 76.4 Å². The zero-order valence-corrected chi connectivity index (χ0v) is 26.9. The number of Topliss-reactive ketones (excluding diaryl/α,β-unsaturated/α-hetero) is 1. The fourth-order valence-corrected chi connectivity index (χ4v) is 11.9. The Balaban J connectivity index is 1.21. The molecule has 4 rings (SSSR count). The first-order valence-electron chi connectivity index (χ1n) is 16.0. The van der Waals surface area contributed by atoms with Crippen LogP contribution >= 0.6 is 21.6 Å². The fraction of sp³-hybridized carbons (Fsp3) is 0.968. The number of aliphatic hydroxyl groups is 3. The highest BCUT2D eigenvalue weighted by Crippen LogP contribution is 2.68. The number of carbonyl (C=O) groups excluding carboxylic acids is 1. The second-order valence-electron chi connectivity index (χ2n) is 14.2. The molecule has 0 heterocycles. The molecule has 4 aliphatic rings. The van der Waals surface area contributed by atoms with E-state index in [1.165, 1.54) is 0 Å². The summed E-state index contributed by atoms with van der Waals surface area (Å²) < 4.78 is 0. The quantitative estimate of drug-likeness (QED) is 0.0868. The Labute approximate surface area is 254 Å². The summed E-state index contributed by atoms with van der Waals surface area (Å²) in [6, 6.07) is 0. The molecule has 0 spiro atoms. The summed E-state index contributed by atoms with van der Waals surface area (Å²) in [6.07, 6.45) is 10.3. The van der Waals surface area contributed by atoms with Crippen molar-refractivity contribution in [1.82, 2.24) is 0 Å². The summed E-state index contributed by atoms with van der Waals surface area (Å²) in [5.74, 6) is 3.72. The number of fused-ring (bicyclic) bond motifs is 5. The van der Waals surface area contributed by atoms with Gasteiger partial charge in [0.1, 0.15) is 12.4 Å². The summed E-state index contributed by atoms with van der Waals surface area (Å²) in [7, 11) is 3.28.